The lowest BCUT2D eigenvalue weighted by Crippen LogP contribution is -2.20. The van der Waals surface area contributed by atoms with Crippen molar-refractivity contribution in [3.63, 3.8) is 0 Å². The van der Waals surface area contributed by atoms with Gasteiger partial charge in [0.2, 0.25) is 0 Å². The fourth-order valence-electron chi connectivity index (χ4n) is 2.53. The van der Waals surface area contributed by atoms with Crippen LogP contribution in [0.1, 0.15) is 97.8 Å². The molecule has 0 bridgehead atoms. The number of nitrogens with zero attached hydrogens (tertiary/aromatic N) is 1. The first-order valence-electron chi connectivity index (χ1n) is 9.25. The van der Waals surface area contributed by atoms with Gasteiger partial charge in [0.15, 0.2) is 0 Å². The highest BCUT2D eigenvalue weighted by Crippen LogP contribution is 2.08. The van der Waals surface area contributed by atoms with Crippen LogP contribution in [-0.2, 0) is 0 Å². The summed E-state index contributed by atoms with van der Waals surface area (Å²) in [6.45, 7) is 9.32. The Morgan fingerprint density at radius 2 is 1.05 bits per heavy atom. The summed E-state index contributed by atoms with van der Waals surface area (Å²) in [7, 11) is 0. The van der Waals surface area contributed by atoms with Crippen molar-refractivity contribution in [1.82, 2.24) is 4.90 Å². The van der Waals surface area contributed by atoms with Gasteiger partial charge in [-0.15, -0.1) is 0 Å². The molecule has 0 atom stereocenters. The first-order chi connectivity index (χ1) is 9.85. The molecule has 0 aliphatic carbocycles. The first-order valence-corrected chi connectivity index (χ1v) is 9.25. The SMILES string of the molecule is CC/C=C\N(CCCCCCC)CCCCCCCC. The van der Waals surface area contributed by atoms with Crippen molar-refractivity contribution in [3.05, 3.63) is 12.3 Å². The van der Waals surface area contributed by atoms with Gasteiger partial charge in [-0.2, -0.15) is 0 Å². The Morgan fingerprint density at radius 1 is 0.600 bits per heavy atom. The van der Waals surface area contributed by atoms with Crippen molar-refractivity contribution in [2.75, 3.05) is 13.1 Å². The second kappa shape index (κ2) is 16.6. The van der Waals surface area contributed by atoms with Crippen molar-refractivity contribution < 1.29 is 0 Å². The molecule has 0 N–H and O–H groups in total. The van der Waals surface area contributed by atoms with Crippen molar-refractivity contribution >= 4 is 0 Å². The van der Waals surface area contributed by atoms with E-state index < -0.39 is 0 Å². The van der Waals surface area contributed by atoms with E-state index in [1.165, 1.54) is 83.7 Å². The highest BCUT2D eigenvalue weighted by molar-refractivity contribution is 4.81. The van der Waals surface area contributed by atoms with Crippen molar-refractivity contribution in [2.24, 2.45) is 0 Å². The van der Waals surface area contributed by atoms with Crippen molar-refractivity contribution in [1.29, 1.82) is 0 Å². The predicted octanol–water partition coefficient (Wildman–Crippen LogP) is 6.54. The summed E-state index contributed by atoms with van der Waals surface area (Å²) in [4.78, 5) is 2.55. The highest BCUT2D eigenvalue weighted by Gasteiger charge is 1.99. The van der Waals surface area contributed by atoms with Crippen LogP contribution in [0.5, 0.6) is 0 Å². The van der Waals surface area contributed by atoms with E-state index in [4.69, 9.17) is 0 Å². The zero-order valence-electron chi connectivity index (χ0n) is 14.5. The van der Waals surface area contributed by atoms with Gasteiger partial charge in [0.05, 0.1) is 0 Å². The quantitative estimate of drug-likeness (QED) is 0.308. The molecule has 20 heavy (non-hydrogen) atoms. The second-order valence-electron chi connectivity index (χ2n) is 6.01. The molecule has 0 spiro atoms. The topological polar surface area (TPSA) is 3.24 Å². The molecular formula is C19H39N. The lowest BCUT2D eigenvalue weighted by molar-refractivity contribution is 0.349. The Morgan fingerprint density at radius 3 is 1.50 bits per heavy atom. The van der Waals surface area contributed by atoms with Gasteiger partial charge in [-0.25, -0.2) is 0 Å². The molecule has 120 valence electrons. The summed E-state index contributed by atoms with van der Waals surface area (Å²) in [5.41, 5.74) is 0. The molecule has 0 radical (unpaired) electrons. The molecule has 0 aliphatic heterocycles. The van der Waals surface area contributed by atoms with E-state index in [9.17, 15) is 0 Å². The maximum Gasteiger partial charge on any atom is 0.0172 e. The molecule has 0 amide bonds. The van der Waals surface area contributed by atoms with Gasteiger partial charge in [0, 0.05) is 13.1 Å². The van der Waals surface area contributed by atoms with Crippen LogP contribution in [0.25, 0.3) is 0 Å². The molecule has 0 fully saturated rings. The van der Waals surface area contributed by atoms with Gasteiger partial charge in [0.1, 0.15) is 0 Å². The molecule has 0 saturated carbocycles. The number of hydrogen-bond donors (Lipinski definition) is 0. The minimum atomic E-state index is 1.16. The molecular weight excluding hydrogens is 242 g/mol. The normalized spacial score (nSPS) is 11.3. The van der Waals surface area contributed by atoms with E-state index in [1.807, 2.05) is 0 Å². The lowest BCUT2D eigenvalue weighted by Gasteiger charge is -2.20. The molecule has 1 nitrogen and oxygen atoms in total. The minimum absolute atomic E-state index is 1.16. The molecule has 0 heterocycles. The number of hydrogen-bond acceptors (Lipinski definition) is 1. The smallest absolute Gasteiger partial charge is 0.0172 e. The fraction of sp³-hybridized carbons (Fsp3) is 0.895. The predicted molar refractivity (Wildman–Crippen MR) is 93.1 cm³/mol. The van der Waals surface area contributed by atoms with E-state index in [1.54, 1.807) is 0 Å². The van der Waals surface area contributed by atoms with Crippen LogP contribution >= 0.6 is 0 Å². The van der Waals surface area contributed by atoms with Gasteiger partial charge in [-0.05, 0) is 25.5 Å². The van der Waals surface area contributed by atoms with Crippen LogP contribution in [0.2, 0.25) is 0 Å². The van der Waals surface area contributed by atoms with Crippen LogP contribution in [0.4, 0.5) is 0 Å². The van der Waals surface area contributed by atoms with E-state index in [-0.39, 0.29) is 0 Å². The molecule has 0 aromatic rings. The lowest BCUT2D eigenvalue weighted by atomic mass is 10.1. The summed E-state index contributed by atoms with van der Waals surface area (Å²) in [5.74, 6) is 0. The summed E-state index contributed by atoms with van der Waals surface area (Å²) >= 11 is 0. The highest BCUT2D eigenvalue weighted by atomic mass is 15.1. The molecule has 0 aromatic heterocycles. The van der Waals surface area contributed by atoms with Gasteiger partial charge in [0.25, 0.3) is 0 Å². The number of rotatable bonds is 15. The van der Waals surface area contributed by atoms with Gasteiger partial charge < -0.3 is 4.90 Å². The fourth-order valence-corrected chi connectivity index (χ4v) is 2.53. The van der Waals surface area contributed by atoms with Crippen LogP contribution in [0, 0.1) is 0 Å². The molecule has 0 rings (SSSR count). The van der Waals surface area contributed by atoms with Gasteiger partial charge >= 0.3 is 0 Å². The second-order valence-corrected chi connectivity index (χ2v) is 6.01. The number of unbranched alkanes of at least 4 members (excludes halogenated alkanes) is 9. The van der Waals surface area contributed by atoms with Crippen LogP contribution in [0.15, 0.2) is 12.3 Å². The third-order valence-electron chi connectivity index (χ3n) is 3.90. The molecule has 0 unspecified atom stereocenters. The first kappa shape index (κ1) is 19.5. The Balaban J connectivity index is 3.65. The van der Waals surface area contributed by atoms with Gasteiger partial charge in [-0.1, -0.05) is 84.6 Å². The van der Waals surface area contributed by atoms with Crippen molar-refractivity contribution in [2.45, 2.75) is 97.8 Å². The van der Waals surface area contributed by atoms with E-state index in [0.29, 0.717) is 0 Å². The summed E-state index contributed by atoms with van der Waals surface area (Å²) in [6.07, 6.45) is 21.1. The zero-order chi connectivity index (χ0) is 14.9. The van der Waals surface area contributed by atoms with E-state index >= 15 is 0 Å². The van der Waals surface area contributed by atoms with Crippen LogP contribution in [-0.4, -0.2) is 18.0 Å². The van der Waals surface area contributed by atoms with Crippen molar-refractivity contribution in [3.8, 4) is 0 Å². The monoisotopic (exact) mass is 281 g/mol. The molecule has 0 saturated heterocycles. The Labute approximate surface area is 128 Å². The average Bonchev–Trinajstić information content (AvgIpc) is 2.47. The summed E-state index contributed by atoms with van der Waals surface area (Å²) < 4.78 is 0. The van der Waals surface area contributed by atoms with Gasteiger partial charge in [-0.3, -0.25) is 0 Å². The van der Waals surface area contributed by atoms with Crippen LogP contribution in [0.3, 0.4) is 0 Å². The Kier molecular flexibility index (Phi) is 16.2. The number of allylic oxidation sites excluding steroid dienone is 1. The molecule has 1 heteroatoms. The maximum absolute atomic E-state index is 2.55. The Hall–Kier alpha value is -0.460. The third-order valence-corrected chi connectivity index (χ3v) is 3.90. The maximum atomic E-state index is 2.55. The third kappa shape index (κ3) is 14.0. The summed E-state index contributed by atoms with van der Waals surface area (Å²) in [5, 5.41) is 0. The summed E-state index contributed by atoms with van der Waals surface area (Å²) in [6, 6.07) is 0. The Bertz CT molecular complexity index is 198. The van der Waals surface area contributed by atoms with Crippen LogP contribution < -0.4 is 0 Å². The largest absolute Gasteiger partial charge is 0.378 e. The molecule has 0 aromatic carbocycles. The average molecular weight is 282 g/mol. The van der Waals surface area contributed by atoms with E-state index in [2.05, 4.69) is 37.9 Å². The standard InChI is InChI=1S/C19H39N/c1-4-7-10-12-14-16-19-20(17-9-6-3)18-15-13-11-8-5-2/h9,17H,4-8,10-16,18-19H2,1-3H3/b17-9-. The minimum Gasteiger partial charge on any atom is -0.378 e. The molecule has 0 aliphatic rings. The zero-order valence-corrected chi connectivity index (χ0v) is 14.5. The van der Waals surface area contributed by atoms with E-state index in [0.717, 1.165) is 6.42 Å².